The van der Waals surface area contributed by atoms with Crippen molar-refractivity contribution in [2.75, 3.05) is 0 Å². The van der Waals surface area contributed by atoms with Gasteiger partial charge in [0.1, 0.15) is 11.5 Å². The fourth-order valence-corrected chi connectivity index (χ4v) is 2.71. The van der Waals surface area contributed by atoms with E-state index >= 15 is 0 Å². The number of hydrogen-bond donors (Lipinski definition) is 1. The molecule has 6 heteroatoms. The summed E-state index contributed by atoms with van der Waals surface area (Å²) in [5.41, 5.74) is 1.13. The third-order valence-electron chi connectivity index (χ3n) is 2.96. The summed E-state index contributed by atoms with van der Waals surface area (Å²) >= 11 is 9.20. The summed E-state index contributed by atoms with van der Waals surface area (Å²) in [5.74, 6) is -0.808. The van der Waals surface area contributed by atoms with E-state index in [2.05, 4.69) is 25.9 Å². The molecule has 3 nitrogen and oxygen atoms in total. The van der Waals surface area contributed by atoms with Crippen molar-refractivity contribution >= 4 is 44.3 Å². The smallest absolute Gasteiger partial charge is 0.196 e. The summed E-state index contributed by atoms with van der Waals surface area (Å²) in [7, 11) is 0. The summed E-state index contributed by atoms with van der Waals surface area (Å²) in [6.07, 6.45) is 3.08. The molecule has 3 rings (SSSR count). The number of aromatic amines is 1. The molecule has 0 fully saturated rings. The van der Waals surface area contributed by atoms with Gasteiger partial charge in [-0.25, -0.2) is 9.37 Å². The number of rotatable bonds is 2. The molecule has 20 heavy (non-hydrogen) atoms. The molecule has 2 aromatic heterocycles. The van der Waals surface area contributed by atoms with Crippen molar-refractivity contribution < 1.29 is 9.18 Å². The van der Waals surface area contributed by atoms with Gasteiger partial charge in [0.15, 0.2) is 5.78 Å². The molecule has 0 bridgehead atoms. The van der Waals surface area contributed by atoms with Crippen LogP contribution in [-0.2, 0) is 0 Å². The second kappa shape index (κ2) is 5.00. The summed E-state index contributed by atoms with van der Waals surface area (Å²) in [6.45, 7) is 0. The van der Waals surface area contributed by atoms with Crippen LogP contribution in [0, 0.1) is 5.82 Å². The van der Waals surface area contributed by atoms with Crippen molar-refractivity contribution in [2.45, 2.75) is 0 Å². The Bertz CT molecular complexity index is 831. The van der Waals surface area contributed by atoms with Crippen molar-refractivity contribution in [1.29, 1.82) is 0 Å². The number of nitrogens with zero attached hydrogens (tertiary/aromatic N) is 1. The highest BCUT2D eigenvalue weighted by molar-refractivity contribution is 9.10. The molecular formula is C14H7BrClFN2O. The zero-order valence-corrected chi connectivity index (χ0v) is 12.3. The van der Waals surface area contributed by atoms with Crippen LogP contribution in [0.3, 0.4) is 0 Å². The van der Waals surface area contributed by atoms with Gasteiger partial charge in [-0.3, -0.25) is 4.79 Å². The van der Waals surface area contributed by atoms with Crippen LogP contribution in [-0.4, -0.2) is 15.8 Å². The largest absolute Gasteiger partial charge is 0.345 e. The number of nitrogens with one attached hydrogen (secondary N) is 1. The number of H-pyrrole nitrogens is 1. The Hall–Kier alpha value is -1.72. The molecule has 1 aromatic carbocycles. The molecule has 0 unspecified atom stereocenters. The van der Waals surface area contributed by atoms with Gasteiger partial charge in [-0.05, 0) is 34.1 Å². The van der Waals surface area contributed by atoms with Gasteiger partial charge in [0.05, 0.1) is 15.1 Å². The summed E-state index contributed by atoms with van der Waals surface area (Å²) in [6, 6.07) is 5.93. The lowest BCUT2D eigenvalue weighted by Crippen LogP contribution is -2.03. The van der Waals surface area contributed by atoms with Gasteiger partial charge >= 0.3 is 0 Å². The Balaban J connectivity index is 2.21. The van der Waals surface area contributed by atoms with Crippen molar-refractivity contribution in [3.8, 4) is 0 Å². The van der Waals surface area contributed by atoms with Crippen molar-refractivity contribution in [3.05, 3.63) is 63.1 Å². The zero-order chi connectivity index (χ0) is 14.3. The van der Waals surface area contributed by atoms with Crippen LogP contribution >= 0.6 is 27.5 Å². The monoisotopic (exact) mass is 352 g/mol. The van der Waals surface area contributed by atoms with Gasteiger partial charge in [-0.1, -0.05) is 17.7 Å². The number of carbonyl (C=O) groups excluding carboxylic acids is 1. The number of benzene rings is 1. The molecule has 0 amide bonds. The quantitative estimate of drug-likeness (QED) is 0.696. The minimum atomic E-state index is -0.486. The molecule has 0 aliphatic carbocycles. The fourth-order valence-electron chi connectivity index (χ4n) is 2.02. The topological polar surface area (TPSA) is 45.8 Å². The van der Waals surface area contributed by atoms with Crippen molar-refractivity contribution in [1.82, 2.24) is 9.97 Å². The Morgan fingerprint density at radius 3 is 2.90 bits per heavy atom. The lowest BCUT2D eigenvalue weighted by Gasteiger charge is -2.04. The van der Waals surface area contributed by atoms with Crippen LogP contribution in [0.1, 0.15) is 15.9 Å². The molecule has 100 valence electrons. The van der Waals surface area contributed by atoms with Gasteiger partial charge in [0.25, 0.3) is 0 Å². The number of fused-ring (bicyclic) bond motifs is 1. The van der Waals surface area contributed by atoms with Gasteiger partial charge in [-0.2, -0.15) is 0 Å². The molecule has 1 N–H and O–H groups in total. The van der Waals surface area contributed by atoms with E-state index in [0.717, 1.165) is 0 Å². The molecule has 0 saturated carbocycles. The standard InChI is InChI=1S/C14H7BrClFN2O/c15-12-7(2-1-3-10(12)17)13(20)8-6-19-14-11(8)9(16)4-5-18-14/h1-6H,(H,18,19). The molecule has 0 aliphatic rings. The van der Waals surface area contributed by atoms with Crippen LogP contribution in [0.25, 0.3) is 11.0 Å². The second-order valence-electron chi connectivity index (χ2n) is 4.15. The molecule has 0 atom stereocenters. The van der Waals surface area contributed by atoms with Crippen LogP contribution in [0.15, 0.2) is 41.1 Å². The first kappa shape index (κ1) is 13.3. The van der Waals surface area contributed by atoms with Gasteiger partial charge in [0, 0.05) is 23.3 Å². The van der Waals surface area contributed by atoms with Crippen LogP contribution in [0.2, 0.25) is 5.02 Å². The number of halogens is 3. The molecular weight excluding hydrogens is 347 g/mol. The highest BCUT2D eigenvalue weighted by Gasteiger charge is 2.20. The molecule has 0 aliphatic heterocycles. The van der Waals surface area contributed by atoms with E-state index in [1.165, 1.54) is 18.3 Å². The Labute approximate surface area is 126 Å². The lowest BCUT2D eigenvalue weighted by molar-refractivity contribution is 0.103. The summed E-state index contributed by atoms with van der Waals surface area (Å²) in [4.78, 5) is 19.5. The normalized spacial score (nSPS) is 10.9. The number of aromatic nitrogens is 2. The lowest BCUT2D eigenvalue weighted by atomic mass is 10.0. The van der Waals surface area contributed by atoms with Crippen LogP contribution in [0.5, 0.6) is 0 Å². The van der Waals surface area contributed by atoms with E-state index in [0.29, 0.717) is 21.6 Å². The van der Waals surface area contributed by atoms with E-state index in [9.17, 15) is 9.18 Å². The highest BCUT2D eigenvalue weighted by Crippen LogP contribution is 2.29. The minimum Gasteiger partial charge on any atom is -0.345 e. The van der Waals surface area contributed by atoms with Crippen molar-refractivity contribution in [3.63, 3.8) is 0 Å². The van der Waals surface area contributed by atoms with Gasteiger partial charge in [-0.15, -0.1) is 0 Å². The first-order valence-corrected chi connectivity index (χ1v) is 6.87. The first-order valence-electron chi connectivity index (χ1n) is 5.70. The van der Waals surface area contributed by atoms with E-state index < -0.39 is 5.82 Å². The third-order valence-corrected chi connectivity index (χ3v) is 4.08. The highest BCUT2D eigenvalue weighted by atomic mass is 79.9. The van der Waals surface area contributed by atoms with E-state index in [-0.39, 0.29) is 15.8 Å². The van der Waals surface area contributed by atoms with Gasteiger partial charge < -0.3 is 4.98 Å². The molecule has 3 aromatic rings. The van der Waals surface area contributed by atoms with E-state index in [1.807, 2.05) is 0 Å². The van der Waals surface area contributed by atoms with Crippen LogP contribution < -0.4 is 0 Å². The van der Waals surface area contributed by atoms with Gasteiger partial charge in [0.2, 0.25) is 0 Å². The summed E-state index contributed by atoms with van der Waals surface area (Å²) < 4.78 is 13.7. The number of hydrogen-bond acceptors (Lipinski definition) is 2. The average Bonchev–Trinajstić information content (AvgIpc) is 2.86. The average molecular weight is 354 g/mol. The minimum absolute atomic E-state index is 0.138. The maximum Gasteiger partial charge on any atom is 0.196 e. The summed E-state index contributed by atoms with van der Waals surface area (Å²) in [5, 5.41) is 0.961. The SMILES string of the molecule is O=C(c1cccc(F)c1Br)c1c[nH]c2nccc(Cl)c12. The maximum absolute atomic E-state index is 13.5. The van der Waals surface area contributed by atoms with E-state index in [4.69, 9.17) is 11.6 Å². The number of pyridine rings is 1. The van der Waals surface area contributed by atoms with Crippen LogP contribution in [0.4, 0.5) is 4.39 Å². The molecule has 0 radical (unpaired) electrons. The molecule has 0 saturated heterocycles. The Morgan fingerprint density at radius 2 is 2.10 bits per heavy atom. The predicted molar refractivity (Wildman–Crippen MR) is 78.6 cm³/mol. The Kier molecular flexibility index (Phi) is 3.31. The number of carbonyl (C=O) groups is 1. The van der Waals surface area contributed by atoms with Crippen molar-refractivity contribution in [2.24, 2.45) is 0 Å². The Morgan fingerprint density at radius 1 is 1.30 bits per heavy atom. The fraction of sp³-hybridized carbons (Fsp3) is 0. The third kappa shape index (κ3) is 2.03. The second-order valence-corrected chi connectivity index (χ2v) is 5.35. The predicted octanol–water partition coefficient (Wildman–Crippen LogP) is 4.35. The van der Waals surface area contributed by atoms with E-state index in [1.54, 1.807) is 18.3 Å². The first-order chi connectivity index (χ1) is 9.59. The maximum atomic E-state index is 13.5. The number of ketones is 1. The molecule has 2 heterocycles. The molecule has 0 spiro atoms. The zero-order valence-electron chi connectivity index (χ0n) is 9.95.